The molecule has 1 unspecified atom stereocenters. The van der Waals surface area contributed by atoms with Crippen LogP contribution in [0.5, 0.6) is 0 Å². The van der Waals surface area contributed by atoms with Crippen molar-refractivity contribution in [2.24, 2.45) is 0 Å². The SMILES string of the molecule is CCCCCCC(=O)N1CCCC1C(=O)Nc1nnc(-c2ccc(Cl)cc2)s1. The Hall–Kier alpha value is -1.99. The number of halogens is 1. The number of rotatable bonds is 8. The van der Waals surface area contributed by atoms with Crippen LogP contribution in [-0.4, -0.2) is 39.5 Å². The molecule has 0 aliphatic carbocycles. The Morgan fingerprint density at radius 1 is 1.21 bits per heavy atom. The number of nitrogens with one attached hydrogen (secondary N) is 1. The van der Waals surface area contributed by atoms with Gasteiger partial charge in [-0.25, -0.2) is 0 Å². The Bertz CT molecular complexity index is 809. The summed E-state index contributed by atoms with van der Waals surface area (Å²) >= 11 is 7.22. The highest BCUT2D eigenvalue weighted by atomic mass is 35.5. The van der Waals surface area contributed by atoms with E-state index in [0.717, 1.165) is 37.7 Å². The molecule has 0 radical (unpaired) electrons. The second-order valence-electron chi connectivity index (χ2n) is 6.96. The van der Waals surface area contributed by atoms with Crippen LogP contribution in [0.2, 0.25) is 5.02 Å². The molecule has 1 fully saturated rings. The molecule has 1 aliphatic heterocycles. The van der Waals surface area contributed by atoms with Crippen molar-refractivity contribution < 1.29 is 9.59 Å². The third-order valence-corrected chi connectivity index (χ3v) is 6.01. The van der Waals surface area contributed by atoms with Crippen LogP contribution in [0.4, 0.5) is 5.13 Å². The molecule has 1 aromatic heterocycles. The number of anilines is 1. The lowest BCUT2D eigenvalue weighted by atomic mass is 10.1. The van der Waals surface area contributed by atoms with Crippen molar-refractivity contribution in [3.63, 3.8) is 0 Å². The third kappa shape index (κ3) is 5.29. The number of amides is 2. The molecule has 2 heterocycles. The van der Waals surface area contributed by atoms with Crippen molar-refractivity contribution in [2.45, 2.75) is 57.9 Å². The number of carbonyl (C=O) groups is 2. The fraction of sp³-hybridized carbons (Fsp3) is 0.500. The summed E-state index contributed by atoms with van der Waals surface area (Å²) in [5.41, 5.74) is 0.896. The van der Waals surface area contributed by atoms with Crippen LogP contribution >= 0.6 is 22.9 Å². The fourth-order valence-electron chi connectivity index (χ4n) is 3.36. The summed E-state index contributed by atoms with van der Waals surface area (Å²) in [6.45, 7) is 2.80. The van der Waals surface area contributed by atoms with E-state index in [1.165, 1.54) is 11.3 Å². The average molecular weight is 421 g/mol. The van der Waals surface area contributed by atoms with Gasteiger partial charge in [0.2, 0.25) is 16.9 Å². The van der Waals surface area contributed by atoms with Gasteiger partial charge in [0.15, 0.2) is 0 Å². The minimum absolute atomic E-state index is 0.0767. The number of carbonyl (C=O) groups excluding carboxylic acids is 2. The fourth-order valence-corrected chi connectivity index (χ4v) is 4.23. The smallest absolute Gasteiger partial charge is 0.249 e. The van der Waals surface area contributed by atoms with E-state index >= 15 is 0 Å². The van der Waals surface area contributed by atoms with Crippen LogP contribution in [0.3, 0.4) is 0 Å². The highest BCUT2D eigenvalue weighted by Crippen LogP contribution is 2.28. The molecule has 6 nitrogen and oxygen atoms in total. The molecule has 28 heavy (non-hydrogen) atoms. The number of aromatic nitrogens is 2. The van der Waals surface area contributed by atoms with E-state index in [4.69, 9.17) is 11.6 Å². The van der Waals surface area contributed by atoms with E-state index < -0.39 is 6.04 Å². The molecule has 1 aliphatic rings. The standard InChI is InChI=1S/C20H25ClN4O2S/c1-2-3-4-5-8-17(26)25-13-6-7-16(25)18(27)22-20-24-23-19(28-20)14-9-11-15(21)12-10-14/h9-12,16H,2-8,13H2,1H3,(H,22,24,27). The minimum atomic E-state index is -0.415. The summed E-state index contributed by atoms with van der Waals surface area (Å²) in [7, 11) is 0. The molecule has 1 saturated heterocycles. The van der Waals surface area contributed by atoms with E-state index in [9.17, 15) is 9.59 Å². The van der Waals surface area contributed by atoms with Gasteiger partial charge in [-0.2, -0.15) is 0 Å². The van der Waals surface area contributed by atoms with Crippen LogP contribution in [0.1, 0.15) is 51.9 Å². The maximum absolute atomic E-state index is 12.7. The van der Waals surface area contributed by atoms with E-state index in [-0.39, 0.29) is 11.8 Å². The van der Waals surface area contributed by atoms with Crippen LogP contribution in [0, 0.1) is 0 Å². The van der Waals surface area contributed by atoms with Gasteiger partial charge in [0, 0.05) is 23.6 Å². The molecule has 8 heteroatoms. The number of unbranched alkanes of at least 4 members (excludes halogenated alkanes) is 3. The van der Waals surface area contributed by atoms with Crippen molar-refractivity contribution >= 4 is 39.9 Å². The molecule has 1 atom stereocenters. The minimum Gasteiger partial charge on any atom is -0.331 e. The molecule has 0 spiro atoms. The Kier molecular flexibility index (Phi) is 7.39. The number of likely N-dealkylation sites (tertiary alicyclic amines) is 1. The lowest BCUT2D eigenvalue weighted by molar-refractivity contribution is -0.136. The van der Waals surface area contributed by atoms with Gasteiger partial charge in [-0.05, 0) is 31.4 Å². The second-order valence-corrected chi connectivity index (χ2v) is 8.38. The summed E-state index contributed by atoms with van der Waals surface area (Å²) in [4.78, 5) is 26.9. The van der Waals surface area contributed by atoms with Gasteiger partial charge < -0.3 is 4.90 Å². The molecular weight excluding hydrogens is 396 g/mol. The molecule has 2 amide bonds. The predicted molar refractivity (Wildman–Crippen MR) is 112 cm³/mol. The Labute approximate surface area is 174 Å². The van der Waals surface area contributed by atoms with Gasteiger partial charge in [-0.3, -0.25) is 14.9 Å². The van der Waals surface area contributed by atoms with Crippen LogP contribution < -0.4 is 5.32 Å². The average Bonchev–Trinajstić information content (AvgIpc) is 3.35. The Morgan fingerprint density at radius 2 is 2.00 bits per heavy atom. The summed E-state index contributed by atoms with van der Waals surface area (Å²) < 4.78 is 0. The molecular formula is C20H25ClN4O2S. The van der Waals surface area contributed by atoms with Crippen LogP contribution in [-0.2, 0) is 9.59 Å². The molecule has 2 aromatic rings. The maximum Gasteiger partial charge on any atom is 0.249 e. The lowest BCUT2D eigenvalue weighted by Gasteiger charge is -2.23. The van der Waals surface area contributed by atoms with Gasteiger partial charge in [0.25, 0.3) is 0 Å². The second kappa shape index (κ2) is 9.98. The first-order valence-electron chi connectivity index (χ1n) is 9.78. The molecule has 3 rings (SSSR count). The number of hydrogen-bond acceptors (Lipinski definition) is 5. The van der Waals surface area contributed by atoms with Crippen LogP contribution in [0.25, 0.3) is 10.6 Å². The molecule has 0 bridgehead atoms. The molecule has 1 aromatic carbocycles. The quantitative estimate of drug-likeness (QED) is 0.625. The number of hydrogen-bond donors (Lipinski definition) is 1. The first kappa shape index (κ1) is 20.7. The Balaban J connectivity index is 1.57. The van der Waals surface area contributed by atoms with Gasteiger partial charge in [-0.1, -0.05) is 61.3 Å². The number of benzene rings is 1. The normalized spacial score (nSPS) is 16.4. The van der Waals surface area contributed by atoms with Crippen LogP contribution in [0.15, 0.2) is 24.3 Å². The maximum atomic E-state index is 12.7. The first-order valence-corrected chi connectivity index (χ1v) is 11.0. The summed E-state index contributed by atoms with van der Waals surface area (Å²) in [6.07, 6.45) is 6.29. The van der Waals surface area contributed by atoms with Crippen molar-refractivity contribution in [1.82, 2.24) is 15.1 Å². The monoisotopic (exact) mass is 420 g/mol. The van der Waals surface area contributed by atoms with Gasteiger partial charge in [-0.15, -0.1) is 10.2 Å². The van der Waals surface area contributed by atoms with E-state index in [0.29, 0.717) is 34.5 Å². The zero-order valence-electron chi connectivity index (χ0n) is 16.0. The zero-order valence-corrected chi connectivity index (χ0v) is 17.6. The van der Waals surface area contributed by atoms with Crippen molar-refractivity contribution in [3.8, 4) is 10.6 Å². The Morgan fingerprint density at radius 3 is 2.75 bits per heavy atom. The number of nitrogens with zero attached hydrogens (tertiary/aromatic N) is 3. The largest absolute Gasteiger partial charge is 0.331 e. The highest BCUT2D eigenvalue weighted by Gasteiger charge is 2.34. The zero-order chi connectivity index (χ0) is 19.9. The molecule has 150 valence electrons. The van der Waals surface area contributed by atoms with E-state index in [1.54, 1.807) is 17.0 Å². The molecule has 1 N–H and O–H groups in total. The van der Waals surface area contributed by atoms with E-state index in [1.807, 2.05) is 12.1 Å². The van der Waals surface area contributed by atoms with Gasteiger partial charge >= 0.3 is 0 Å². The summed E-state index contributed by atoms with van der Waals surface area (Å²) in [5.74, 6) is -0.105. The first-order chi connectivity index (χ1) is 13.6. The topological polar surface area (TPSA) is 75.2 Å². The molecule has 0 saturated carbocycles. The highest BCUT2D eigenvalue weighted by molar-refractivity contribution is 7.18. The van der Waals surface area contributed by atoms with Gasteiger partial charge in [0.05, 0.1) is 0 Å². The predicted octanol–water partition coefficient (Wildman–Crippen LogP) is 4.76. The van der Waals surface area contributed by atoms with Gasteiger partial charge in [0.1, 0.15) is 11.0 Å². The lowest BCUT2D eigenvalue weighted by Crippen LogP contribution is -2.43. The summed E-state index contributed by atoms with van der Waals surface area (Å²) in [5, 5.41) is 12.8. The van der Waals surface area contributed by atoms with Crippen molar-refractivity contribution in [2.75, 3.05) is 11.9 Å². The van der Waals surface area contributed by atoms with Crippen molar-refractivity contribution in [1.29, 1.82) is 0 Å². The van der Waals surface area contributed by atoms with E-state index in [2.05, 4.69) is 22.4 Å². The van der Waals surface area contributed by atoms with Crippen molar-refractivity contribution in [3.05, 3.63) is 29.3 Å². The summed E-state index contributed by atoms with van der Waals surface area (Å²) in [6, 6.07) is 6.90. The third-order valence-electron chi connectivity index (χ3n) is 4.87.